The Morgan fingerprint density at radius 3 is 2.83 bits per heavy atom. The number of halogens is 2. The summed E-state index contributed by atoms with van der Waals surface area (Å²) >= 11 is 7.38. The van der Waals surface area contributed by atoms with Gasteiger partial charge >= 0.3 is 0 Å². The van der Waals surface area contributed by atoms with Crippen LogP contribution in [0, 0.1) is 5.82 Å². The van der Waals surface area contributed by atoms with Crippen LogP contribution in [0.4, 0.5) is 4.39 Å². The lowest BCUT2D eigenvalue weighted by Gasteiger charge is -2.01. The van der Waals surface area contributed by atoms with Crippen molar-refractivity contribution in [3.8, 4) is 0 Å². The minimum Gasteiger partial charge on any atom is -0.207 e. The molecule has 2 aromatic carbocycles. The Morgan fingerprint density at radius 2 is 2.04 bits per heavy atom. The smallest absolute Gasteiger partial charge is 0.207 e. The maximum absolute atomic E-state index is 13.1. The molecule has 1 heterocycles. The first kappa shape index (κ1) is 15.7. The molecule has 3 aromatic rings. The van der Waals surface area contributed by atoms with Crippen LogP contribution >= 0.6 is 23.4 Å². The molecule has 3 rings (SSSR count). The second-order valence-corrected chi connectivity index (χ2v) is 6.05. The maximum Gasteiger partial charge on any atom is 0.212 e. The van der Waals surface area contributed by atoms with E-state index in [9.17, 15) is 4.39 Å². The molecule has 0 atom stereocenters. The van der Waals surface area contributed by atoms with Gasteiger partial charge in [0.2, 0.25) is 5.16 Å². The highest BCUT2D eigenvalue weighted by Gasteiger charge is 2.04. The number of benzene rings is 2. The summed E-state index contributed by atoms with van der Waals surface area (Å²) in [4.78, 5) is 0. The van der Waals surface area contributed by atoms with Gasteiger partial charge in [-0.1, -0.05) is 47.6 Å². The average molecular weight is 347 g/mol. The zero-order chi connectivity index (χ0) is 16.1. The molecule has 0 saturated heterocycles. The Balaban J connectivity index is 1.68. The molecular weight excluding hydrogens is 335 g/mol. The van der Waals surface area contributed by atoms with Crippen LogP contribution < -0.4 is 0 Å². The molecular formula is C16H12ClFN4S. The zero-order valence-corrected chi connectivity index (χ0v) is 13.5. The van der Waals surface area contributed by atoms with E-state index in [1.54, 1.807) is 23.0 Å². The van der Waals surface area contributed by atoms with Crippen LogP contribution in [0.15, 0.2) is 65.1 Å². The highest BCUT2D eigenvalue weighted by molar-refractivity contribution is 7.98. The first-order valence-electron chi connectivity index (χ1n) is 6.78. The van der Waals surface area contributed by atoms with Crippen LogP contribution in [-0.4, -0.2) is 21.1 Å². The fraction of sp³-hybridized carbons (Fsp3) is 0.0625. The molecule has 0 aliphatic carbocycles. The van der Waals surface area contributed by atoms with Gasteiger partial charge in [0.1, 0.15) is 12.1 Å². The van der Waals surface area contributed by atoms with Crippen molar-refractivity contribution >= 4 is 29.6 Å². The molecule has 0 aliphatic rings. The van der Waals surface area contributed by atoms with Crippen molar-refractivity contribution in [3.63, 3.8) is 0 Å². The van der Waals surface area contributed by atoms with Gasteiger partial charge in [0.15, 0.2) is 0 Å². The van der Waals surface area contributed by atoms with E-state index in [0.29, 0.717) is 15.7 Å². The van der Waals surface area contributed by atoms with Crippen LogP contribution in [0.25, 0.3) is 0 Å². The van der Waals surface area contributed by atoms with E-state index in [0.717, 1.165) is 11.3 Å². The van der Waals surface area contributed by atoms with E-state index in [1.165, 1.54) is 30.2 Å². The van der Waals surface area contributed by atoms with Gasteiger partial charge in [0.05, 0.1) is 6.21 Å². The highest BCUT2D eigenvalue weighted by Crippen LogP contribution is 2.21. The molecule has 0 fully saturated rings. The number of rotatable bonds is 5. The van der Waals surface area contributed by atoms with Gasteiger partial charge in [-0.15, -0.1) is 10.2 Å². The maximum atomic E-state index is 13.1. The predicted molar refractivity (Wildman–Crippen MR) is 90.4 cm³/mol. The molecule has 4 nitrogen and oxygen atoms in total. The Kier molecular flexibility index (Phi) is 5.05. The third-order valence-electron chi connectivity index (χ3n) is 2.96. The molecule has 0 amide bonds. The van der Waals surface area contributed by atoms with Gasteiger partial charge < -0.3 is 0 Å². The van der Waals surface area contributed by atoms with Crippen LogP contribution in [0.5, 0.6) is 0 Å². The van der Waals surface area contributed by atoms with Crippen molar-refractivity contribution in [1.82, 2.24) is 14.9 Å². The largest absolute Gasteiger partial charge is 0.212 e. The molecule has 0 saturated carbocycles. The Morgan fingerprint density at radius 1 is 1.22 bits per heavy atom. The second kappa shape index (κ2) is 7.39. The summed E-state index contributed by atoms with van der Waals surface area (Å²) in [6, 6.07) is 13.8. The fourth-order valence-corrected chi connectivity index (χ4v) is 2.78. The summed E-state index contributed by atoms with van der Waals surface area (Å²) in [5, 5.41) is 13.5. The fourth-order valence-electron chi connectivity index (χ4n) is 1.84. The van der Waals surface area contributed by atoms with Crippen molar-refractivity contribution < 1.29 is 4.39 Å². The first-order chi connectivity index (χ1) is 11.2. The number of hydrogen-bond acceptors (Lipinski definition) is 4. The summed E-state index contributed by atoms with van der Waals surface area (Å²) in [6.07, 6.45) is 3.08. The average Bonchev–Trinajstić information content (AvgIpc) is 3.00. The van der Waals surface area contributed by atoms with Crippen molar-refractivity contribution in [1.29, 1.82) is 0 Å². The van der Waals surface area contributed by atoms with E-state index in [-0.39, 0.29) is 5.82 Å². The highest BCUT2D eigenvalue weighted by atomic mass is 35.5. The van der Waals surface area contributed by atoms with E-state index in [2.05, 4.69) is 15.3 Å². The van der Waals surface area contributed by atoms with Crippen LogP contribution in [0.3, 0.4) is 0 Å². The molecule has 1 aromatic heterocycles. The first-order valence-corrected chi connectivity index (χ1v) is 8.14. The van der Waals surface area contributed by atoms with Gasteiger partial charge in [0, 0.05) is 10.8 Å². The molecule has 0 bridgehead atoms. The van der Waals surface area contributed by atoms with Crippen LogP contribution in [0.2, 0.25) is 5.02 Å². The Hall–Kier alpha value is -2.18. The lowest BCUT2D eigenvalue weighted by atomic mass is 10.2. The monoisotopic (exact) mass is 346 g/mol. The van der Waals surface area contributed by atoms with Gasteiger partial charge in [-0.2, -0.15) is 9.78 Å². The molecule has 0 unspecified atom stereocenters. The molecule has 0 aliphatic heterocycles. The summed E-state index contributed by atoms with van der Waals surface area (Å²) in [5.41, 5.74) is 1.80. The normalized spacial score (nSPS) is 11.2. The summed E-state index contributed by atoms with van der Waals surface area (Å²) in [7, 11) is 0. The number of aromatic nitrogens is 3. The third-order valence-corrected chi connectivity index (χ3v) is 4.22. The number of nitrogens with zero attached hydrogens (tertiary/aromatic N) is 4. The topological polar surface area (TPSA) is 43.1 Å². The lowest BCUT2D eigenvalue weighted by Crippen LogP contribution is -1.93. The van der Waals surface area contributed by atoms with Crippen LogP contribution in [-0.2, 0) is 5.75 Å². The van der Waals surface area contributed by atoms with Gasteiger partial charge in [-0.25, -0.2) is 4.39 Å². The third kappa shape index (κ3) is 4.40. The number of hydrogen-bond donors (Lipinski definition) is 0. The van der Waals surface area contributed by atoms with Crippen LogP contribution in [0.1, 0.15) is 11.1 Å². The standard InChI is InChI=1S/C16H12ClFN4S/c17-14-6-4-12(5-7-14)10-23-16-21-19-11-22(16)20-9-13-2-1-3-15(18)8-13/h1-9,11H,10H2/b20-9-. The molecule has 0 radical (unpaired) electrons. The van der Waals surface area contributed by atoms with Crippen molar-refractivity contribution in [2.75, 3.05) is 0 Å². The SMILES string of the molecule is Fc1cccc(/C=N\n2cnnc2SCc2ccc(Cl)cc2)c1. The summed E-state index contributed by atoms with van der Waals surface area (Å²) in [5.74, 6) is 0.431. The Bertz CT molecular complexity index is 817. The number of thioether (sulfide) groups is 1. The molecule has 23 heavy (non-hydrogen) atoms. The van der Waals surface area contributed by atoms with Crippen molar-refractivity contribution in [2.45, 2.75) is 10.9 Å². The minimum absolute atomic E-state index is 0.296. The van der Waals surface area contributed by atoms with E-state index in [4.69, 9.17) is 11.6 Å². The molecule has 7 heteroatoms. The summed E-state index contributed by atoms with van der Waals surface area (Å²) in [6.45, 7) is 0. The van der Waals surface area contributed by atoms with Gasteiger partial charge in [0.25, 0.3) is 0 Å². The minimum atomic E-state index is -0.296. The van der Waals surface area contributed by atoms with Crippen molar-refractivity contribution in [3.05, 3.63) is 76.8 Å². The van der Waals surface area contributed by atoms with E-state index < -0.39 is 0 Å². The lowest BCUT2D eigenvalue weighted by molar-refractivity contribution is 0.627. The van der Waals surface area contributed by atoms with E-state index in [1.807, 2.05) is 24.3 Å². The molecule has 116 valence electrons. The summed E-state index contributed by atoms with van der Waals surface area (Å²) < 4.78 is 14.7. The van der Waals surface area contributed by atoms with Crippen molar-refractivity contribution in [2.24, 2.45) is 5.10 Å². The quantitative estimate of drug-likeness (QED) is 0.512. The zero-order valence-electron chi connectivity index (χ0n) is 11.9. The van der Waals surface area contributed by atoms with Gasteiger partial charge in [-0.3, -0.25) is 0 Å². The van der Waals surface area contributed by atoms with E-state index >= 15 is 0 Å². The Labute approximate surface area is 142 Å². The van der Waals surface area contributed by atoms with Gasteiger partial charge in [-0.05, 0) is 35.4 Å². The second-order valence-electron chi connectivity index (χ2n) is 4.67. The predicted octanol–water partition coefficient (Wildman–Crippen LogP) is 4.25. The molecule has 0 N–H and O–H groups in total. The molecule has 0 spiro atoms.